The molecule has 3 aromatic rings. The van der Waals surface area contributed by atoms with Gasteiger partial charge in [0.1, 0.15) is 11.5 Å². The number of hydrogen-bond acceptors (Lipinski definition) is 7. The molecule has 1 aliphatic rings. The molecule has 2 heterocycles. The van der Waals surface area contributed by atoms with E-state index in [0.717, 1.165) is 53.2 Å². The molecule has 1 aromatic heterocycles. The minimum atomic E-state index is -0.162. The number of nitrogens with one attached hydrogen (secondary N) is 2. The number of carbonyl (C=O) groups excluding carboxylic acids is 3. The Labute approximate surface area is 273 Å². The molecule has 0 bridgehead atoms. The van der Waals surface area contributed by atoms with Crippen molar-refractivity contribution in [3.63, 3.8) is 0 Å². The molecule has 2 aromatic carbocycles. The molecule has 0 radical (unpaired) electrons. The standard InChI is InChI=1S/C36H50N6O4/c1-26(2)16-17-29(43)12-9-23-46-24-10-20-38-33(44)18-19-34(45)41-25-28-11-5-6-13-30(28)36-35(31-14-7-8-15-32(31)41)39-40-42(36)22-21-37-27(3)4/h5-8,11,13-15,26-27,37H,9-10,12,16-25H2,1-4H3,(H,38,44). The minimum Gasteiger partial charge on any atom is -0.381 e. The monoisotopic (exact) mass is 630 g/mol. The number of fused-ring (bicyclic) bond motifs is 5. The van der Waals surface area contributed by atoms with Crippen molar-refractivity contribution in [2.45, 2.75) is 91.8 Å². The summed E-state index contributed by atoms with van der Waals surface area (Å²) in [5.74, 6) is 0.554. The van der Waals surface area contributed by atoms with Gasteiger partial charge in [0.2, 0.25) is 11.8 Å². The Bertz CT molecular complexity index is 1450. The molecule has 10 heteroatoms. The summed E-state index contributed by atoms with van der Waals surface area (Å²) in [6, 6.07) is 16.2. The van der Waals surface area contributed by atoms with E-state index in [1.807, 2.05) is 47.1 Å². The number of nitrogens with zero attached hydrogens (tertiary/aromatic N) is 4. The average Bonchev–Trinajstić information content (AvgIpc) is 3.44. The first-order chi connectivity index (χ1) is 22.2. The van der Waals surface area contributed by atoms with Gasteiger partial charge in [-0.1, -0.05) is 75.4 Å². The fraction of sp³-hybridized carbons (Fsp3) is 0.528. The van der Waals surface area contributed by atoms with Crippen molar-refractivity contribution in [1.29, 1.82) is 0 Å². The van der Waals surface area contributed by atoms with Gasteiger partial charge in [0.15, 0.2) is 0 Å². The molecule has 1 aliphatic heterocycles. The van der Waals surface area contributed by atoms with Gasteiger partial charge in [0.25, 0.3) is 0 Å². The maximum atomic E-state index is 13.7. The summed E-state index contributed by atoms with van der Waals surface area (Å²) in [7, 11) is 0. The van der Waals surface area contributed by atoms with Crippen LogP contribution in [0.1, 0.15) is 78.2 Å². The van der Waals surface area contributed by atoms with Crippen molar-refractivity contribution in [2.75, 3.05) is 31.2 Å². The Balaban J connectivity index is 1.32. The van der Waals surface area contributed by atoms with Gasteiger partial charge in [-0.05, 0) is 36.8 Å². The molecule has 4 rings (SSSR count). The van der Waals surface area contributed by atoms with E-state index >= 15 is 0 Å². The van der Waals surface area contributed by atoms with Gasteiger partial charge in [0, 0.05) is 69.2 Å². The molecular formula is C36H50N6O4. The molecule has 46 heavy (non-hydrogen) atoms. The Hall–Kier alpha value is -3.89. The van der Waals surface area contributed by atoms with Crippen molar-refractivity contribution < 1.29 is 19.1 Å². The number of anilines is 1. The lowest BCUT2D eigenvalue weighted by molar-refractivity contribution is -0.125. The second-order valence-electron chi connectivity index (χ2n) is 12.7. The lowest BCUT2D eigenvalue weighted by Gasteiger charge is -2.28. The van der Waals surface area contributed by atoms with Crippen LogP contribution in [0.15, 0.2) is 48.5 Å². The topological polar surface area (TPSA) is 118 Å². The summed E-state index contributed by atoms with van der Waals surface area (Å²) in [4.78, 5) is 40.0. The summed E-state index contributed by atoms with van der Waals surface area (Å²) < 4.78 is 7.58. The highest BCUT2D eigenvalue weighted by atomic mass is 16.5. The quantitative estimate of drug-likeness (QED) is 0.177. The zero-order valence-corrected chi connectivity index (χ0v) is 27.9. The second-order valence-corrected chi connectivity index (χ2v) is 12.7. The summed E-state index contributed by atoms with van der Waals surface area (Å²) in [6.07, 6.45) is 3.73. The molecule has 2 N–H and O–H groups in total. The van der Waals surface area contributed by atoms with Gasteiger partial charge < -0.3 is 20.3 Å². The number of para-hydroxylation sites is 1. The van der Waals surface area contributed by atoms with E-state index in [9.17, 15) is 14.4 Å². The van der Waals surface area contributed by atoms with E-state index in [4.69, 9.17) is 4.74 Å². The van der Waals surface area contributed by atoms with Gasteiger partial charge in [-0.2, -0.15) is 0 Å². The first-order valence-corrected chi connectivity index (χ1v) is 16.8. The van der Waals surface area contributed by atoms with Crippen LogP contribution < -0.4 is 15.5 Å². The Kier molecular flexibility index (Phi) is 13.5. The third-order valence-corrected chi connectivity index (χ3v) is 8.06. The van der Waals surface area contributed by atoms with E-state index in [1.54, 1.807) is 4.90 Å². The number of Topliss-reactive ketones (excluding diaryl/α,β-unsaturated/α-hetero) is 1. The van der Waals surface area contributed by atoms with Gasteiger partial charge >= 0.3 is 0 Å². The van der Waals surface area contributed by atoms with Crippen molar-refractivity contribution in [2.24, 2.45) is 5.92 Å². The number of aromatic nitrogens is 3. The minimum absolute atomic E-state index is 0.0874. The van der Waals surface area contributed by atoms with Crippen LogP contribution in [0.2, 0.25) is 0 Å². The molecule has 248 valence electrons. The fourth-order valence-electron chi connectivity index (χ4n) is 5.55. The van der Waals surface area contributed by atoms with Crippen LogP contribution in [0.5, 0.6) is 0 Å². The zero-order valence-electron chi connectivity index (χ0n) is 27.9. The van der Waals surface area contributed by atoms with Crippen molar-refractivity contribution in [1.82, 2.24) is 25.6 Å². The van der Waals surface area contributed by atoms with Crippen LogP contribution in [0, 0.1) is 5.92 Å². The normalized spacial score (nSPS) is 12.3. The Morgan fingerprint density at radius 3 is 2.39 bits per heavy atom. The summed E-state index contributed by atoms with van der Waals surface area (Å²) >= 11 is 0. The first-order valence-electron chi connectivity index (χ1n) is 16.8. The van der Waals surface area contributed by atoms with Crippen LogP contribution in [0.3, 0.4) is 0 Å². The predicted octanol–water partition coefficient (Wildman–Crippen LogP) is 5.55. The highest BCUT2D eigenvalue weighted by molar-refractivity contribution is 6.01. The van der Waals surface area contributed by atoms with E-state index in [0.29, 0.717) is 69.9 Å². The van der Waals surface area contributed by atoms with Crippen molar-refractivity contribution in [3.05, 3.63) is 54.1 Å². The molecule has 0 aliphatic carbocycles. The molecule has 0 unspecified atom stereocenters. The predicted molar refractivity (Wildman–Crippen MR) is 181 cm³/mol. The number of ketones is 1. The summed E-state index contributed by atoms with van der Waals surface area (Å²) in [5.41, 5.74) is 5.28. The SMILES string of the molecule is CC(C)CCC(=O)CCCOCCCNC(=O)CCC(=O)N1Cc2ccccc2-c2c(nnn2CCNC(C)C)-c2ccccc21. The summed E-state index contributed by atoms with van der Waals surface area (Å²) in [6.45, 7) is 11.8. The van der Waals surface area contributed by atoms with Gasteiger partial charge in [-0.25, -0.2) is 4.68 Å². The van der Waals surface area contributed by atoms with E-state index in [2.05, 4.69) is 54.7 Å². The highest BCUT2D eigenvalue weighted by Crippen LogP contribution is 2.41. The molecular weight excluding hydrogens is 580 g/mol. The molecule has 0 fully saturated rings. The third kappa shape index (κ3) is 10.1. The molecule has 0 saturated carbocycles. The van der Waals surface area contributed by atoms with Crippen LogP contribution in [0.25, 0.3) is 22.5 Å². The van der Waals surface area contributed by atoms with Gasteiger partial charge in [-0.15, -0.1) is 5.10 Å². The van der Waals surface area contributed by atoms with E-state index in [-0.39, 0.29) is 24.7 Å². The number of ether oxygens (including phenoxy) is 1. The van der Waals surface area contributed by atoms with E-state index in [1.165, 1.54) is 0 Å². The third-order valence-electron chi connectivity index (χ3n) is 8.06. The molecule has 0 spiro atoms. The molecule has 10 nitrogen and oxygen atoms in total. The van der Waals surface area contributed by atoms with Crippen LogP contribution in [0.4, 0.5) is 5.69 Å². The largest absolute Gasteiger partial charge is 0.381 e. The van der Waals surface area contributed by atoms with Gasteiger partial charge in [0.05, 0.1) is 24.5 Å². The molecule has 2 amide bonds. The molecule has 0 atom stereocenters. The zero-order chi connectivity index (χ0) is 32.9. The Morgan fingerprint density at radius 1 is 0.870 bits per heavy atom. The van der Waals surface area contributed by atoms with Crippen molar-refractivity contribution in [3.8, 4) is 22.5 Å². The van der Waals surface area contributed by atoms with E-state index < -0.39 is 0 Å². The van der Waals surface area contributed by atoms with Crippen molar-refractivity contribution >= 4 is 23.3 Å². The summed E-state index contributed by atoms with van der Waals surface area (Å²) in [5, 5.41) is 15.5. The van der Waals surface area contributed by atoms with Crippen LogP contribution in [-0.2, 0) is 32.2 Å². The molecule has 0 saturated heterocycles. The fourth-order valence-corrected chi connectivity index (χ4v) is 5.55. The number of carbonyl (C=O) groups is 3. The second kappa shape index (κ2) is 17.7. The van der Waals surface area contributed by atoms with Crippen LogP contribution in [-0.4, -0.2) is 64.9 Å². The lowest BCUT2D eigenvalue weighted by Crippen LogP contribution is -2.33. The lowest BCUT2D eigenvalue weighted by atomic mass is 9.95. The Morgan fingerprint density at radius 2 is 1.61 bits per heavy atom. The number of amides is 2. The maximum absolute atomic E-state index is 13.7. The smallest absolute Gasteiger partial charge is 0.227 e. The highest BCUT2D eigenvalue weighted by Gasteiger charge is 2.29. The van der Waals surface area contributed by atoms with Gasteiger partial charge in [-0.3, -0.25) is 14.4 Å². The average molecular weight is 631 g/mol. The maximum Gasteiger partial charge on any atom is 0.227 e. The first kappa shape index (κ1) is 35.0. The number of rotatable bonds is 18. The number of hydrogen-bond donors (Lipinski definition) is 2. The van der Waals surface area contributed by atoms with Crippen LogP contribution >= 0.6 is 0 Å². The number of benzene rings is 2.